The quantitative estimate of drug-likeness (QED) is 0.190. The van der Waals surface area contributed by atoms with E-state index in [9.17, 15) is 0 Å². The van der Waals surface area contributed by atoms with Crippen molar-refractivity contribution in [2.45, 2.75) is 0 Å². The Bertz CT molecular complexity index is 2790. The monoisotopic (exact) mass is 597 g/mol. The van der Waals surface area contributed by atoms with E-state index < -0.39 is 0 Å². The number of hydrogen-bond donors (Lipinski definition) is 0. The molecule has 0 spiro atoms. The Hall–Kier alpha value is -6.32. The van der Waals surface area contributed by atoms with E-state index in [0.717, 1.165) is 44.5 Å². The summed E-state index contributed by atoms with van der Waals surface area (Å²) in [5.74, 6) is 0.889. The summed E-state index contributed by atoms with van der Waals surface area (Å²) in [6.45, 7) is 0. The number of imidazole rings is 1. The second kappa shape index (κ2) is 10.1. The standard InChI is InChI=1S/C44H27N3/c1-2-13-29(14-3-1)43-46-39-27-32(24-25-37(39)44-45-38-20-10-11-21-40(38)47(43)44)42-35-18-8-6-16-33(35)41(34-17-7-9-19-36(34)42)31-23-22-28-12-4-5-15-30(28)26-31/h1-27H. The summed E-state index contributed by atoms with van der Waals surface area (Å²) in [6.07, 6.45) is 0. The van der Waals surface area contributed by atoms with Crippen LogP contribution in [0.4, 0.5) is 0 Å². The van der Waals surface area contributed by atoms with Gasteiger partial charge in [-0.05, 0) is 84.9 Å². The molecule has 0 aliphatic carbocycles. The third kappa shape index (κ3) is 3.93. The summed E-state index contributed by atoms with van der Waals surface area (Å²) in [7, 11) is 0. The molecule has 3 heteroatoms. The fourth-order valence-corrected chi connectivity index (χ4v) is 7.43. The Morgan fingerprint density at radius 2 is 0.936 bits per heavy atom. The second-order valence-electron chi connectivity index (χ2n) is 12.2. The van der Waals surface area contributed by atoms with Crippen LogP contribution in [0, 0.1) is 0 Å². The zero-order valence-electron chi connectivity index (χ0n) is 25.4. The van der Waals surface area contributed by atoms with Gasteiger partial charge in [0, 0.05) is 10.9 Å². The minimum atomic E-state index is 0.889. The molecular weight excluding hydrogens is 571 g/mol. The number of benzene rings is 8. The van der Waals surface area contributed by atoms with Gasteiger partial charge < -0.3 is 0 Å². The van der Waals surface area contributed by atoms with Crippen molar-refractivity contribution in [2.24, 2.45) is 0 Å². The van der Waals surface area contributed by atoms with Crippen LogP contribution in [0.1, 0.15) is 0 Å². The van der Waals surface area contributed by atoms with Crippen molar-refractivity contribution in [1.82, 2.24) is 14.4 Å². The minimum Gasteiger partial charge on any atom is -0.276 e. The molecule has 0 aliphatic rings. The highest BCUT2D eigenvalue weighted by atomic mass is 15.1. The van der Waals surface area contributed by atoms with E-state index >= 15 is 0 Å². The van der Waals surface area contributed by atoms with E-state index in [-0.39, 0.29) is 0 Å². The molecule has 0 N–H and O–H groups in total. The first kappa shape index (κ1) is 26.0. The molecule has 10 aromatic rings. The lowest BCUT2D eigenvalue weighted by molar-refractivity contribution is 1.16. The molecule has 0 bridgehead atoms. The Morgan fingerprint density at radius 3 is 1.66 bits per heavy atom. The van der Waals surface area contributed by atoms with Gasteiger partial charge in [-0.15, -0.1) is 0 Å². The van der Waals surface area contributed by atoms with Gasteiger partial charge in [0.15, 0.2) is 0 Å². The summed E-state index contributed by atoms with van der Waals surface area (Å²) < 4.78 is 2.20. The third-order valence-electron chi connectivity index (χ3n) is 9.53. The van der Waals surface area contributed by atoms with E-state index in [1.165, 1.54) is 49.0 Å². The SMILES string of the molecule is c1ccc(-c2nc3cc(-c4c5ccccc5c(-c5ccc6ccccc6c5)c5ccccc45)ccc3c3nc4ccccc4n23)cc1. The van der Waals surface area contributed by atoms with Crippen molar-refractivity contribution in [3.05, 3.63) is 164 Å². The molecule has 0 saturated heterocycles. The van der Waals surface area contributed by atoms with Gasteiger partial charge in [-0.25, -0.2) is 9.97 Å². The maximum absolute atomic E-state index is 5.36. The van der Waals surface area contributed by atoms with Crippen LogP contribution in [0.3, 0.4) is 0 Å². The van der Waals surface area contributed by atoms with Gasteiger partial charge in [0.2, 0.25) is 0 Å². The summed E-state index contributed by atoms with van der Waals surface area (Å²) >= 11 is 0. The van der Waals surface area contributed by atoms with Gasteiger partial charge in [0.05, 0.1) is 16.6 Å². The van der Waals surface area contributed by atoms with Crippen molar-refractivity contribution in [1.29, 1.82) is 0 Å². The van der Waals surface area contributed by atoms with Gasteiger partial charge >= 0.3 is 0 Å². The van der Waals surface area contributed by atoms with Crippen molar-refractivity contribution in [3.63, 3.8) is 0 Å². The van der Waals surface area contributed by atoms with Gasteiger partial charge in [-0.1, -0.05) is 133 Å². The molecule has 0 radical (unpaired) electrons. The largest absolute Gasteiger partial charge is 0.276 e. The third-order valence-corrected chi connectivity index (χ3v) is 9.53. The lowest BCUT2D eigenvalue weighted by Gasteiger charge is -2.18. The van der Waals surface area contributed by atoms with Crippen molar-refractivity contribution in [2.75, 3.05) is 0 Å². The van der Waals surface area contributed by atoms with Crippen molar-refractivity contribution in [3.8, 4) is 33.6 Å². The summed E-state index contributed by atoms with van der Waals surface area (Å²) in [6, 6.07) is 58.5. The molecule has 10 rings (SSSR count). The molecule has 0 amide bonds. The topological polar surface area (TPSA) is 30.2 Å². The van der Waals surface area contributed by atoms with Crippen molar-refractivity contribution < 1.29 is 0 Å². The number of para-hydroxylation sites is 2. The number of fused-ring (bicyclic) bond motifs is 8. The average molecular weight is 598 g/mol. The van der Waals surface area contributed by atoms with Crippen LogP contribution in [0.5, 0.6) is 0 Å². The van der Waals surface area contributed by atoms with Crippen LogP contribution in [0.25, 0.3) is 93.5 Å². The van der Waals surface area contributed by atoms with Crippen molar-refractivity contribution >= 4 is 59.9 Å². The Balaban J connectivity index is 1.28. The maximum Gasteiger partial charge on any atom is 0.149 e. The van der Waals surface area contributed by atoms with Crippen LogP contribution in [0.15, 0.2) is 164 Å². The van der Waals surface area contributed by atoms with Gasteiger partial charge in [0.25, 0.3) is 0 Å². The van der Waals surface area contributed by atoms with Crippen LogP contribution in [-0.2, 0) is 0 Å². The van der Waals surface area contributed by atoms with E-state index in [1.807, 2.05) is 12.1 Å². The molecule has 2 aromatic heterocycles. The highest BCUT2D eigenvalue weighted by Crippen LogP contribution is 2.44. The van der Waals surface area contributed by atoms with E-state index in [2.05, 4.69) is 156 Å². The molecule has 0 saturated carbocycles. The Morgan fingerprint density at radius 1 is 0.362 bits per heavy atom. The predicted octanol–water partition coefficient (Wildman–Crippen LogP) is 11.5. The normalized spacial score (nSPS) is 11.8. The minimum absolute atomic E-state index is 0.889. The highest BCUT2D eigenvalue weighted by Gasteiger charge is 2.19. The molecule has 0 aliphatic heterocycles. The molecule has 2 heterocycles. The smallest absolute Gasteiger partial charge is 0.149 e. The Kier molecular flexibility index (Phi) is 5.57. The zero-order chi connectivity index (χ0) is 30.9. The van der Waals surface area contributed by atoms with Gasteiger partial charge in [-0.3, -0.25) is 4.40 Å². The van der Waals surface area contributed by atoms with Crippen LogP contribution in [0.2, 0.25) is 0 Å². The fourth-order valence-electron chi connectivity index (χ4n) is 7.43. The number of aromatic nitrogens is 3. The molecule has 8 aromatic carbocycles. The number of hydrogen-bond acceptors (Lipinski definition) is 2. The number of rotatable bonds is 3. The van der Waals surface area contributed by atoms with E-state index in [0.29, 0.717) is 0 Å². The van der Waals surface area contributed by atoms with Crippen LogP contribution in [-0.4, -0.2) is 14.4 Å². The van der Waals surface area contributed by atoms with Gasteiger partial charge in [-0.2, -0.15) is 0 Å². The second-order valence-corrected chi connectivity index (χ2v) is 12.2. The first-order valence-corrected chi connectivity index (χ1v) is 16.0. The fraction of sp³-hybridized carbons (Fsp3) is 0. The molecule has 218 valence electrons. The Labute approximate surface area is 271 Å². The molecule has 3 nitrogen and oxygen atoms in total. The van der Waals surface area contributed by atoms with E-state index in [4.69, 9.17) is 9.97 Å². The zero-order valence-corrected chi connectivity index (χ0v) is 25.4. The molecular formula is C44H27N3. The molecule has 0 unspecified atom stereocenters. The first-order valence-electron chi connectivity index (χ1n) is 16.0. The van der Waals surface area contributed by atoms with Crippen LogP contribution >= 0.6 is 0 Å². The maximum atomic E-state index is 5.36. The first-order chi connectivity index (χ1) is 23.3. The summed E-state index contributed by atoms with van der Waals surface area (Å²) in [4.78, 5) is 10.5. The van der Waals surface area contributed by atoms with Crippen LogP contribution < -0.4 is 0 Å². The summed E-state index contributed by atoms with van der Waals surface area (Å²) in [5.41, 5.74) is 9.78. The average Bonchev–Trinajstić information content (AvgIpc) is 3.53. The number of nitrogens with zero attached hydrogens (tertiary/aromatic N) is 3. The lowest BCUT2D eigenvalue weighted by atomic mass is 9.85. The summed E-state index contributed by atoms with van der Waals surface area (Å²) in [5, 5.41) is 8.46. The predicted molar refractivity (Wildman–Crippen MR) is 197 cm³/mol. The highest BCUT2D eigenvalue weighted by molar-refractivity contribution is 6.22. The molecule has 0 fully saturated rings. The lowest BCUT2D eigenvalue weighted by Crippen LogP contribution is -1.98. The van der Waals surface area contributed by atoms with E-state index in [1.54, 1.807) is 0 Å². The molecule has 0 atom stereocenters. The van der Waals surface area contributed by atoms with Gasteiger partial charge in [0.1, 0.15) is 11.5 Å². The molecule has 47 heavy (non-hydrogen) atoms.